The Morgan fingerprint density at radius 1 is 1.31 bits per heavy atom. The molecule has 0 radical (unpaired) electrons. The average molecular weight is 184 g/mol. The van der Waals surface area contributed by atoms with E-state index in [9.17, 15) is 8.78 Å². The van der Waals surface area contributed by atoms with E-state index in [4.69, 9.17) is 4.74 Å². The molecule has 0 N–H and O–H groups in total. The van der Waals surface area contributed by atoms with Crippen molar-refractivity contribution in [1.29, 1.82) is 0 Å². The van der Waals surface area contributed by atoms with Crippen molar-refractivity contribution in [2.75, 3.05) is 6.61 Å². The molecule has 13 heavy (non-hydrogen) atoms. The van der Waals surface area contributed by atoms with E-state index in [1.54, 1.807) is 0 Å². The van der Waals surface area contributed by atoms with Gasteiger partial charge in [0.05, 0.1) is 6.10 Å². The Morgan fingerprint density at radius 3 is 2.85 bits per heavy atom. The first-order valence-corrected chi connectivity index (χ1v) is 4.34. The lowest BCUT2D eigenvalue weighted by Gasteiger charge is -2.10. The number of hydrogen-bond donors (Lipinski definition) is 0. The van der Waals surface area contributed by atoms with Crippen molar-refractivity contribution < 1.29 is 13.5 Å². The van der Waals surface area contributed by atoms with Gasteiger partial charge in [-0.1, -0.05) is 0 Å². The lowest BCUT2D eigenvalue weighted by molar-refractivity contribution is 0.108. The molecule has 1 atom stereocenters. The van der Waals surface area contributed by atoms with Gasteiger partial charge in [0.25, 0.3) is 0 Å². The van der Waals surface area contributed by atoms with Crippen LogP contribution in [0.25, 0.3) is 0 Å². The minimum atomic E-state index is -0.410. The van der Waals surface area contributed by atoms with Gasteiger partial charge in [-0.3, -0.25) is 0 Å². The normalized spacial score (nSPS) is 22.2. The molecule has 1 saturated heterocycles. The van der Waals surface area contributed by atoms with Gasteiger partial charge in [-0.25, -0.2) is 8.78 Å². The van der Waals surface area contributed by atoms with Crippen LogP contribution in [-0.2, 0) is 4.74 Å². The van der Waals surface area contributed by atoms with Crippen LogP contribution in [0.5, 0.6) is 0 Å². The lowest BCUT2D eigenvalue weighted by atomic mass is 10.1. The molecule has 0 aliphatic carbocycles. The topological polar surface area (TPSA) is 9.23 Å². The molecule has 1 nitrogen and oxygen atoms in total. The molecule has 1 aromatic rings. The summed E-state index contributed by atoms with van der Waals surface area (Å²) in [6.45, 7) is 0.640. The first-order valence-electron chi connectivity index (χ1n) is 4.34. The number of benzene rings is 1. The van der Waals surface area contributed by atoms with Crippen LogP contribution in [0.3, 0.4) is 0 Å². The van der Waals surface area contributed by atoms with E-state index in [1.165, 1.54) is 6.07 Å². The maximum Gasteiger partial charge on any atom is 0.129 e. The second-order valence-corrected chi connectivity index (χ2v) is 3.17. The quantitative estimate of drug-likeness (QED) is 0.652. The van der Waals surface area contributed by atoms with Gasteiger partial charge in [0, 0.05) is 12.2 Å². The van der Waals surface area contributed by atoms with Crippen LogP contribution in [-0.4, -0.2) is 6.61 Å². The standard InChI is InChI=1S/C10H10F2O/c11-7-3-4-9(12)8(6-7)10-2-1-5-13-10/h3-4,6,10H,1-2,5H2. The Hall–Kier alpha value is -0.960. The second-order valence-electron chi connectivity index (χ2n) is 3.17. The molecule has 0 saturated carbocycles. The highest BCUT2D eigenvalue weighted by atomic mass is 19.1. The van der Waals surface area contributed by atoms with E-state index in [0.717, 1.165) is 25.0 Å². The summed E-state index contributed by atoms with van der Waals surface area (Å²) in [6, 6.07) is 3.48. The summed E-state index contributed by atoms with van der Waals surface area (Å²) in [5, 5.41) is 0. The molecular formula is C10H10F2O. The van der Waals surface area contributed by atoms with Gasteiger partial charge in [0.1, 0.15) is 11.6 Å². The van der Waals surface area contributed by atoms with Crippen LogP contribution < -0.4 is 0 Å². The summed E-state index contributed by atoms with van der Waals surface area (Å²) in [5.41, 5.74) is 0.345. The Bertz CT molecular complexity index is 306. The fourth-order valence-electron chi connectivity index (χ4n) is 1.58. The lowest BCUT2D eigenvalue weighted by Crippen LogP contribution is -1.99. The molecule has 0 amide bonds. The monoisotopic (exact) mass is 184 g/mol. The predicted molar refractivity (Wildman–Crippen MR) is 44.3 cm³/mol. The zero-order valence-corrected chi connectivity index (χ0v) is 7.09. The van der Waals surface area contributed by atoms with Crippen molar-refractivity contribution in [3.05, 3.63) is 35.4 Å². The van der Waals surface area contributed by atoms with E-state index in [-0.39, 0.29) is 11.9 Å². The highest BCUT2D eigenvalue weighted by Crippen LogP contribution is 2.30. The van der Waals surface area contributed by atoms with Gasteiger partial charge in [0.15, 0.2) is 0 Å². The van der Waals surface area contributed by atoms with E-state index in [2.05, 4.69) is 0 Å². The summed E-state index contributed by atoms with van der Waals surface area (Å²) in [7, 11) is 0. The molecule has 1 fully saturated rings. The van der Waals surface area contributed by atoms with Crippen LogP contribution in [0.1, 0.15) is 24.5 Å². The van der Waals surface area contributed by atoms with Crippen LogP contribution in [0.2, 0.25) is 0 Å². The number of halogens is 2. The van der Waals surface area contributed by atoms with Gasteiger partial charge >= 0.3 is 0 Å². The Balaban J connectivity index is 2.32. The Labute approximate surface area is 75.3 Å². The first-order chi connectivity index (χ1) is 6.27. The summed E-state index contributed by atoms with van der Waals surface area (Å²) in [6.07, 6.45) is 1.44. The van der Waals surface area contributed by atoms with E-state index in [0.29, 0.717) is 12.2 Å². The molecule has 1 heterocycles. The summed E-state index contributed by atoms with van der Waals surface area (Å²) in [4.78, 5) is 0. The van der Waals surface area contributed by atoms with E-state index in [1.807, 2.05) is 0 Å². The Morgan fingerprint density at radius 2 is 2.15 bits per heavy atom. The van der Waals surface area contributed by atoms with Crippen molar-refractivity contribution in [2.45, 2.75) is 18.9 Å². The first kappa shape index (κ1) is 8.63. The molecule has 0 aromatic heterocycles. The minimum absolute atomic E-state index is 0.254. The average Bonchev–Trinajstić information content (AvgIpc) is 2.61. The van der Waals surface area contributed by atoms with E-state index < -0.39 is 5.82 Å². The Kier molecular flexibility index (Phi) is 2.27. The fraction of sp³-hybridized carbons (Fsp3) is 0.400. The van der Waals surface area contributed by atoms with Crippen molar-refractivity contribution in [1.82, 2.24) is 0 Å². The minimum Gasteiger partial charge on any atom is -0.373 e. The second kappa shape index (κ2) is 3.42. The molecule has 0 spiro atoms. The van der Waals surface area contributed by atoms with Crippen molar-refractivity contribution in [2.24, 2.45) is 0 Å². The molecular weight excluding hydrogens is 174 g/mol. The maximum atomic E-state index is 13.2. The van der Waals surface area contributed by atoms with Crippen LogP contribution in [0.4, 0.5) is 8.78 Å². The van der Waals surface area contributed by atoms with Gasteiger partial charge in [-0.15, -0.1) is 0 Å². The summed E-state index contributed by atoms with van der Waals surface area (Å²) in [5.74, 6) is -0.791. The fourth-order valence-corrected chi connectivity index (χ4v) is 1.58. The smallest absolute Gasteiger partial charge is 0.129 e. The molecule has 1 aromatic carbocycles. The zero-order valence-electron chi connectivity index (χ0n) is 7.09. The molecule has 70 valence electrons. The van der Waals surface area contributed by atoms with Gasteiger partial charge in [0.2, 0.25) is 0 Å². The molecule has 1 unspecified atom stereocenters. The molecule has 1 aliphatic rings. The van der Waals surface area contributed by atoms with Gasteiger partial charge in [-0.05, 0) is 31.0 Å². The van der Waals surface area contributed by atoms with Crippen molar-refractivity contribution in [3.8, 4) is 0 Å². The largest absolute Gasteiger partial charge is 0.373 e. The summed E-state index contributed by atoms with van der Waals surface area (Å²) >= 11 is 0. The number of rotatable bonds is 1. The predicted octanol–water partition coefficient (Wildman–Crippen LogP) is 2.82. The molecule has 1 aliphatic heterocycles. The third-order valence-corrected chi connectivity index (χ3v) is 2.23. The SMILES string of the molecule is Fc1ccc(F)c(C2CCCO2)c1. The zero-order chi connectivity index (χ0) is 9.26. The summed E-state index contributed by atoms with van der Waals surface area (Å²) < 4.78 is 31.2. The van der Waals surface area contributed by atoms with Crippen LogP contribution >= 0.6 is 0 Å². The van der Waals surface area contributed by atoms with Gasteiger partial charge < -0.3 is 4.74 Å². The van der Waals surface area contributed by atoms with Crippen molar-refractivity contribution >= 4 is 0 Å². The third-order valence-electron chi connectivity index (χ3n) is 2.23. The van der Waals surface area contributed by atoms with Crippen molar-refractivity contribution in [3.63, 3.8) is 0 Å². The molecule has 2 rings (SSSR count). The highest BCUT2D eigenvalue weighted by Gasteiger charge is 2.21. The number of ether oxygens (including phenoxy) is 1. The van der Waals surface area contributed by atoms with E-state index >= 15 is 0 Å². The van der Waals surface area contributed by atoms with Crippen LogP contribution in [0, 0.1) is 11.6 Å². The molecule has 0 bridgehead atoms. The highest BCUT2D eigenvalue weighted by molar-refractivity contribution is 5.21. The van der Waals surface area contributed by atoms with Gasteiger partial charge in [-0.2, -0.15) is 0 Å². The number of hydrogen-bond acceptors (Lipinski definition) is 1. The molecule has 3 heteroatoms. The van der Waals surface area contributed by atoms with Crippen LogP contribution in [0.15, 0.2) is 18.2 Å². The maximum absolute atomic E-state index is 13.2. The third kappa shape index (κ3) is 1.70.